The summed E-state index contributed by atoms with van der Waals surface area (Å²) in [5, 5.41) is 3.41. The van der Waals surface area contributed by atoms with Crippen molar-refractivity contribution in [1.82, 2.24) is 9.97 Å². The predicted molar refractivity (Wildman–Crippen MR) is 98.1 cm³/mol. The quantitative estimate of drug-likeness (QED) is 0.718. The molecule has 1 aliphatic carbocycles. The van der Waals surface area contributed by atoms with E-state index in [1.165, 1.54) is 12.8 Å². The lowest BCUT2D eigenvalue weighted by Gasteiger charge is -2.17. The van der Waals surface area contributed by atoms with Gasteiger partial charge >= 0.3 is 0 Å². The maximum Gasteiger partial charge on any atom is 0.188 e. The Bertz CT molecular complexity index is 760. The van der Waals surface area contributed by atoms with Gasteiger partial charge in [-0.3, -0.25) is 0 Å². The molecule has 5 nitrogen and oxygen atoms in total. The summed E-state index contributed by atoms with van der Waals surface area (Å²) in [4.78, 5) is 9.42. The summed E-state index contributed by atoms with van der Waals surface area (Å²) in [6.45, 7) is 6.33. The van der Waals surface area contributed by atoms with Crippen LogP contribution in [-0.4, -0.2) is 23.9 Å². The van der Waals surface area contributed by atoms with Gasteiger partial charge in [-0.25, -0.2) is 9.97 Å². The summed E-state index contributed by atoms with van der Waals surface area (Å²) < 4.78 is 11.4. The van der Waals surface area contributed by atoms with Crippen LogP contribution in [-0.2, 0) is 4.74 Å². The van der Waals surface area contributed by atoms with E-state index in [0.717, 1.165) is 44.4 Å². The molecule has 6 heteroatoms. The molecule has 1 aromatic heterocycles. The van der Waals surface area contributed by atoms with E-state index in [-0.39, 0.29) is 6.79 Å². The molecule has 128 valence electrons. The molecule has 2 aromatic rings. The number of aromatic nitrogens is 2. The molecular formula is C18H22BrN3O2. The van der Waals surface area contributed by atoms with Crippen molar-refractivity contribution in [3.8, 4) is 5.75 Å². The van der Waals surface area contributed by atoms with Crippen LogP contribution in [0.15, 0.2) is 16.7 Å². The molecule has 0 bridgehead atoms. The second kappa shape index (κ2) is 7.07. The predicted octanol–water partition coefficient (Wildman–Crippen LogP) is 4.77. The Hall–Kier alpha value is -1.66. The van der Waals surface area contributed by atoms with Gasteiger partial charge in [0.25, 0.3) is 0 Å². The number of hydrogen-bond acceptors (Lipinski definition) is 5. The van der Waals surface area contributed by atoms with Crippen LogP contribution in [0.1, 0.15) is 41.3 Å². The highest BCUT2D eigenvalue weighted by atomic mass is 79.9. The van der Waals surface area contributed by atoms with Crippen molar-refractivity contribution in [2.75, 3.05) is 19.2 Å². The van der Waals surface area contributed by atoms with Gasteiger partial charge in [0.05, 0.1) is 11.4 Å². The summed E-state index contributed by atoms with van der Waals surface area (Å²) >= 11 is 3.56. The van der Waals surface area contributed by atoms with E-state index in [1.807, 2.05) is 26.0 Å². The molecule has 1 N–H and O–H groups in total. The van der Waals surface area contributed by atoms with Gasteiger partial charge in [-0.05, 0) is 61.2 Å². The van der Waals surface area contributed by atoms with Gasteiger partial charge in [-0.1, -0.05) is 6.07 Å². The zero-order valence-corrected chi connectivity index (χ0v) is 16.0. The van der Waals surface area contributed by atoms with Crippen LogP contribution < -0.4 is 10.1 Å². The van der Waals surface area contributed by atoms with Crippen LogP contribution in [0.2, 0.25) is 0 Å². The van der Waals surface area contributed by atoms with Crippen molar-refractivity contribution in [3.05, 3.63) is 39.3 Å². The number of halogens is 1. The number of methoxy groups -OCH3 is 1. The van der Waals surface area contributed by atoms with Gasteiger partial charge in [0, 0.05) is 24.3 Å². The monoisotopic (exact) mass is 391 g/mol. The average Bonchev–Trinajstić information content (AvgIpc) is 3.38. The highest BCUT2D eigenvalue weighted by Crippen LogP contribution is 2.41. The molecule has 0 amide bonds. The lowest BCUT2D eigenvalue weighted by molar-refractivity contribution is 0.0507. The van der Waals surface area contributed by atoms with E-state index < -0.39 is 0 Å². The van der Waals surface area contributed by atoms with Crippen LogP contribution in [0.4, 0.5) is 11.5 Å². The second-order valence-electron chi connectivity index (χ2n) is 6.16. The SMILES string of the molecule is COCOc1ccc(C)c(Nc2nc(C)c(C3CC3)nc2Br)c1C. The first-order valence-corrected chi connectivity index (χ1v) is 8.83. The number of ether oxygens (including phenoxy) is 2. The topological polar surface area (TPSA) is 56.3 Å². The molecule has 1 aliphatic rings. The second-order valence-corrected chi connectivity index (χ2v) is 6.92. The first-order chi connectivity index (χ1) is 11.5. The van der Waals surface area contributed by atoms with E-state index in [2.05, 4.69) is 28.2 Å². The van der Waals surface area contributed by atoms with Crippen molar-refractivity contribution in [2.45, 2.75) is 39.5 Å². The number of benzene rings is 1. The Morgan fingerprint density at radius 1 is 1.21 bits per heavy atom. The zero-order valence-electron chi connectivity index (χ0n) is 14.4. The Morgan fingerprint density at radius 3 is 2.62 bits per heavy atom. The third-order valence-corrected chi connectivity index (χ3v) is 4.78. The van der Waals surface area contributed by atoms with Gasteiger partial charge in [-0.15, -0.1) is 0 Å². The molecule has 0 aliphatic heterocycles. The van der Waals surface area contributed by atoms with Crippen LogP contribution in [0.25, 0.3) is 0 Å². The number of aryl methyl sites for hydroxylation is 2. The van der Waals surface area contributed by atoms with E-state index in [0.29, 0.717) is 5.92 Å². The first-order valence-electron chi connectivity index (χ1n) is 8.04. The number of anilines is 2. The maximum atomic E-state index is 5.62. The average molecular weight is 392 g/mol. The standard InChI is InChI=1S/C18H22BrN3O2/c1-10-5-8-14(24-9-23-4)11(2)15(10)22-18-17(19)21-16(12(3)20-18)13-6-7-13/h5,8,13H,6-7,9H2,1-4H3,(H,20,22). The van der Waals surface area contributed by atoms with Gasteiger partial charge < -0.3 is 14.8 Å². The fraction of sp³-hybridized carbons (Fsp3) is 0.444. The summed E-state index contributed by atoms with van der Waals surface area (Å²) in [5.41, 5.74) is 5.22. The molecule has 1 fully saturated rings. The van der Waals surface area contributed by atoms with Crippen LogP contribution >= 0.6 is 15.9 Å². The fourth-order valence-electron chi connectivity index (χ4n) is 2.75. The smallest absolute Gasteiger partial charge is 0.188 e. The lowest BCUT2D eigenvalue weighted by Crippen LogP contribution is -2.06. The number of hydrogen-bond donors (Lipinski definition) is 1. The molecule has 0 atom stereocenters. The molecule has 0 spiro atoms. The van der Waals surface area contributed by atoms with E-state index >= 15 is 0 Å². The number of nitrogens with one attached hydrogen (secondary N) is 1. The van der Waals surface area contributed by atoms with Crippen molar-refractivity contribution < 1.29 is 9.47 Å². The van der Waals surface area contributed by atoms with E-state index in [9.17, 15) is 0 Å². The summed E-state index contributed by atoms with van der Waals surface area (Å²) in [6, 6.07) is 3.98. The van der Waals surface area contributed by atoms with Gasteiger partial charge in [-0.2, -0.15) is 0 Å². The summed E-state index contributed by atoms with van der Waals surface area (Å²) in [5.74, 6) is 2.10. The minimum atomic E-state index is 0.224. The largest absolute Gasteiger partial charge is 0.467 e. The molecule has 1 heterocycles. The molecule has 0 radical (unpaired) electrons. The molecular weight excluding hydrogens is 370 g/mol. The van der Waals surface area contributed by atoms with Crippen LogP contribution in [0, 0.1) is 20.8 Å². The lowest BCUT2D eigenvalue weighted by atomic mass is 10.1. The molecule has 3 rings (SSSR count). The Kier molecular flexibility index (Phi) is 5.06. The Morgan fingerprint density at radius 2 is 1.96 bits per heavy atom. The molecule has 24 heavy (non-hydrogen) atoms. The third kappa shape index (κ3) is 3.54. The van der Waals surface area contributed by atoms with Crippen LogP contribution in [0.3, 0.4) is 0 Å². The molecule has 1 saturated carbocycles. The van der Waals surface area contributed by atoms with E-state index in [1.54, 1.807) is 7.11 Å². The fourth-order valence-corrected chi connectivity index (χ4v) is 3.13. The van der Waals surface area contributed by atoms with Crippen molar-refractivity contribution >= 4 is 27.4 Å². The molecule has 0 saturated heterocycles. The Balaban J connectivity index is 1.92. The normalized spacial score (nSPS) is 13.9. The third-order valence-electron chi connectivity index (χ3n) is 4.23. The maximum absolute atomic E-state index is 5.62. The zero-order chi connectivity index (χ0) is 17.3. The van der Waals surface area contributed by atoms with Crippen molar-refractivity contribution in [2.24, 2.45) is 0 Å². The summed E-state index contributed by atoms with van der Waals surface area (Å²) in [6.07, 6.45) is 2.43. The van der Waals surface area contributed by atoms with E-state index in [4.69, 9.17) is 19.4 Å². The molecule has 1 aromatic carbocycles. The van der Waals surface area contributed by atoms with Crippen molar-refractivity contribution in [3.63, 3.8) is 0 Å². The van der Waals surface area contributed by atoms with Gasteiger partial charge in [0.2, 0.25) is 0 Å². The minimum absolute atomic E-state index is 0.224. The Labute approximate surface area is 150 Å². The van der Waals surface area contributed by atoms with Crippen molar-refractivity contribution in [1.29, 1.82) is 0 Å². The first kappa shape index (κ1) is 17.2. The number of rotatable bonds is 6. The summed E-state index contributed by atoms with van der Waals surface area (Å²) in [7, 11) is 1.61. The highest BCUT2D eigenvalue weighted by Gasteiger charge is 2.28. The van der Waals surface area contributed by atoms with Gasteiger partial charge in [0.15, 0.2) is 12.6 Å². The highest BCUT2D eigenvalue weighted by molar-refractivity contribution is 9.10. The van der Waals surface area contributed by atoms with Gasteiger partial charge in [0.1, 0.15) is 10.4 Å². The van der Waals surface area contributed by atoms with Crippen LogP contribution in [0.5, 0.6) is 5.75 Å². The molecule has 0 unspecified atom stereocenters. The minimum Gasteiger partial charge on any atom is -0.467 e. The number of nitrogens with zero attached hydrogens (tertiary/aromatic N) is 2.